The van der Waals surface area contributed by atoms with Crippen molar-refractivity contribution >= 4 is 17.4 Å². The van der Waals surface area contributed by atoms with Gasteiger partial charge in [-0.15, -0.1) is 11.8 Å². The third-order valence-electron chi connectivity index (χ3n) is 4.97. The second-order valence-electron chi connectivity index (χ2n) is 6.76. The van der Waals surface area contributed by atoms with Gasteiger partial charge < -0.3 is 14.4 Å². The fourth-order valence-electron chi connectivity index (χ4n) is 3.55. The van der Waals surface area contributed by atoms with Gasteiger partial charge in [0.25, 0.3) is 0 Å². The van der Waals surface area contributed by atoms with Crippen molar-refractivity contribution in [3.8, 4) is 11.5 Å². The van der Waals surface area contributed by atoms with Crippen molar-refractivity contribution in [3.05, 3.63) is 48.3 Å². The van der Waals surface area contributed by atoms with E-state index in [1.165, 1.54) is 6.07 Å². The van der Waals surface area contributed by atoms with E-state index in [-0.39, 0.29) is 5.82 Å². The Morgan fingerprint density at radius 3 is 2.59 bits per heavy atom. The molecule has 2 aliphatic rings. The normalized spacial score (nSPS) is 17.1. The summed E-state index contributed by atoms with van der Waals surface area (Å²) in [5.41, 5.74) is 1.14. The van der Waals surface area contributed by atoms with E-state index in [0.717, 1.165) is 67.0 Å². The molecule has 0 radical (unpaired) electrons. The van der Waals surface area contributed by atoms with Crippen LogP contribution >= 0.6 is 11.8 Å². The molecule has 27 heavy (non-hydrogen) atoms. The first kappa shape index (κ1) is 18.4. The van der Waals surface area contributed by atoms with Crippen molar-refractivity contribution in [1.82, 2.24) is 4.90 Å². The molecular weight excluding hydrogens is 363 g/mol. The molecule has 0 unspecified atom stereocenters. The summed E-state index contributed by atoms with van der Waals surface area (Å²) in [4.78, 5) is 5.63. The second kappa shape index (κ2) is 8.85. The Hall–Kier alpha value is -1.92. The SMILES string of the molecule is Fc1ccccc1SCCCN1CCN(c2cccc3c2OCCO3)CC1. The number of fused-ring (bicyclic) bond motifs is 1. The van der Waals surface area contributed by atoms with Crippen molar-refractivity contribution in [2.24, 2.45) is 0 Å². The van der Waals surface area contributed by atoms with E-state index in [2.05, 4.69) is 15.9 Å². The summed E-state index contributed by atoms with van der Waals surface area (Å²) < 4.78 is 25.2. The Morgan fingerprint density at radius 2 is 1.74 bits per heavy atom. The number of nitrogens with zero attached hydrogens (tertiary/aromatic N) is 2. The smallest absolute Gasteiger partial charge is 0.184 e. The van der Waals surface area contributed by atoms with Gasteiger partial charge in [0.15, 0.2) is 11.5 Å². The fourth-order valence-corrected chi connectivity index (χ4v) is 4.43. The largest absolute Gasteiger partial charge is 0.486 e. The third kappa shape index (κ3) is 4.50. The third-order valence-corrected chi connectivity index (χ3v) is 6.11. The number of benzene rings is 2. The summed E-state index contributed by atoms with van der Waals surface area (Å²) in [7, 11) is 0. The number of piperazine rings is 1. The van der Waals surface area contributed by atoms with Gasteiger partial charge in [-0.1, -0.05) is 18.2 Å². The molecule has 0 aromatic heterocycles. The predicted molar refractivity (Wildman–Crippen MR) is 108 cm³/mol. The Kier molecular flexibility index (Phi) is 6.04. The maximum Gasteiger partial charge on any atom is 0.184 e. The van der Waals surface area contributed by atoms with Gasteiger partial charge in [0.2, 0.25) is 0 Å². The highest BCUT2D eigenvalue weighted by atomic mass is 32.2. The van der Waals surface area contributed by atoms with Crippen LogP contribution in [0.2, 0.25) is 0 Å². The summed E-state index contributed by atoms with van der Waals surface area (Å²) >= 11 is 1.61. The van der Waals surface area contributed by atoms with E-state index in [4.69, 9.17) is 9.47 Å². The van der Waals surface area contributed by atoms with Gasteiger partial charge in [0.05, 0.1) is 5.69 Å². The minimum atomic E-state index is -0.117. The Bertz CT molecular complexity index is 766. The molecule has 2 aromatic carbocycles. The zero-order valence-corrected chi connectivity index (χ0v) is 16.2. The molecule has 0 amide bonds. The number of para-hydroxylation sites is 1. The Balaban J connectivity index is 1.23. The number of ether oxygens (including phenoxy) is 2. The average Bonchev–Trinajstić information content (AvgIpc) is 2.72. The predicted octanol–water partition coefficient (Wildman–Crippen LogP) is 3.90. The number of rotatable bonds is 6. The molecular formula is C21H25FN2O2S. The minimum absolute atomic E-state index is 0.117. The summed E-state index contributed by atoms with van der Waals surface area (Å²) in [5, 5.41) is 0. The van der Waals surface area contributed by atoms with E-state index in [1.807, 2.05) is 24.3 Å². The Morgan fingerprint density at radius 1 is 0.926 bits per heavy atom. The standard InChI is InChI=1S/C21H25FN2O2S/c22-17-5-1-2-8-20(17)27-16-4-9-23-10-12-24(13-11-23)18-6-3-7-19-21(18)26-15-14-25-19/h1-3,5-8H,4,9-16H2. The van der Waals surface area contributed by atoms with Crippen LogP contribution in [0.3, 0.4) is 0 Å². The van der Waals surface area contributed by atoms with Gasteiger partial charge in [-0.3, -0.25) is 4.90 Å². The summed E-state index contributed by atoms with van der Waals surface area (Å²) in [5.74, 6) is 2.57. The Labute approximate surface area is 164 Å². The molecule has 1 saturated heterocycles. The first-order valence-corrected chi connectivity index (χ1v) is 10.5. The van der Waals surface area contributed by atoms with Gasteiger partial charge in [-0.2, -0.15) is 0 Å². The first-order chi connectivity index (χ1) is 13.3. The number of hydrogen-bond acceptors (Lipinski definition) is 5. The molecule has 2 aromatic rings. The van der Waals surface area contributed by atoms with Crippen LogP contribution < -0.4 is 14.4 Å². The molecule has 2 heterocycles. The highest BCUT2D eigenvalue weighted by molar-refractivity contribution is 7.99. The molecule has 4 nitrogen and oxygen atoms in total. The molecule has 4 rings (SSSR count). The number of anilines is 1. The molecule has 1 fully saturated rings. The maximum atomic E-state index is 13.6. The molecule has 0 N–H and O–H groups in total. The average molecular weight is 389 g/mol. The zero-order chi connectivity index (χ0) is 18.5. The monoisotopic (exact) mass is 388 g/mol. The molecule has 0 aliphatic carbocycles. The second-order valence-corrected chi connectivity index (χ2v) is 7.90. The highest BCUT2D eigenvalue weighted by Crippen LogP contribution is 2.39. The van der Waals surface area contributed by atoms with Gasteiger partial charge in [0, 0.05) is 31.1 Å². The van der Waals surface area contributed by atoms with Crippen LogP contribution in [0.15, 0.2) is 47.4 Å². The molecule has 0 saturated carbocycles. The van der Waals surface area contributed by atoms with E-state index >= 15 is 0 Å². The van der Waals surface area contributed by atoms with Gasteiger partial charge in [0.1, 0.15) is 19.0 Å². The van der Waals surface area contributed by atoms with Crippen molar-refractivity contribution in [2.45, 2.75) is 11.3 Å². The van der Waals surface area contributed by atoms with Crippen LogP contribution in [0.4, 0.5) is 10.1 Å². The quantitative estimate of drug-likeness (QED) is 0.552. The highest BCUT2D eigenvalue weighted by Gasteiger charge is 2.23. The van der Waals surface area contributed by atoms with Crippen molar-refractivity contribution in [2.75, 3.05) is 56.6 Å². The van der Waals surface area contributed by atoms with Gasteiger partial charge in [-0.05, 0) is 43.0 Å². The lowest BCUT2D eigenvalue weighted by Gasteiger charge is -2.37. The van der Waals surface area contributed by atoms with Gasteiger partial charge in [-0.25, -0.2) is 4.39 Å². The van der Waals surface area contributed by atoms with Crippen molar-refractivity contribution in [3.63, 3.8) is 0 Å². The lowest BCUT2D eigenvalue weighted by atomic mass is 10.2. The van der Waals surface area contributed by atoms with E-state index in [1.54, 1.807) is 17.8 Å². The van der Waals surface area contributed by atoms with Gasteiger partial charge >= 0.3 is 0 Å². The van der Waals surface area contributed by atoms with Crippen LogP contribution in [-0.2, 0) is 0 Å². The number of hydrogen-bond donors (Lipinski definition) is 0. The first-order valence-electron chi connectivity index (χ1n) is 9.54. The van der Waals surface area contributed by atoms with Crippen LogP contribution in [-0.4, -0.2) is 56.6 Å². The molecule has 0 bridgehead atoms. The van der Waals surface area contributed by atoms with Crippen LogP contribution in [0.5, 0.6) is 11.5 Å². The van der Waals surface area contributed by atoms with E-state index in [0.29, 0.717) is 13.2 Å². The molecule has 6 heteroatoms. The number of halogens is 1. The van der Waals surface area contributed by atoms with Crippen molar-refractivity contribution in [1.29, 1.82) is 0 Å². The van der Waals surface area contributed by atoms with E-state index < -0.39 is 0 Å². The van der Waals surface area contributed by atoms with Crippen LogP contribution in [0, 0.1) is 5.82 Å². The fraction of sp³-hybridized carbons (Fsp3) is 0.429. The minimum Gasteiger partial charge on any atom is -0.486 e. The summed E-state index contributed by atoms with van der Waals surface area (Å²) in [6, 6.07) is 13.1. The lowest BCUT2D eigenvalue weighted by Crippen LogP contribution is -2.46. The summed E-state index contributed by atoms with van der Waals surface area (Å²) in [6.07, 6.45) is 1.07. The molecule has 2 aliphatic heterocycles. The molecule has 0 atom stereocenters. The van der Waals surface area contributed by atoms with Crippen LogP contribution in [0.1, 0.15) is 6.42 Å². The lowest BCUT2D eigenvalue weighted by molar-refractivity contribution is 0.171. The van der Waals surface area contributed by atoms with E-state index in [9.17, 15) is 4.39 Å². The molecule has 144 valence electrons. The number of thioether (sulfide) groups is 1. The topological polar surface area (TPSA) is 24.9 Å². The zero-order valence-electron chi connectivity index (χ0n) is 15.4. The summed E-state index contributed by atoms with van der Waals surface area (Å²) in [6.45, 7) is 6.34. The van der Waals surface area contributed by atoms with Crippen molar-refractivity contribution < 1.29 is 13.9 Å². The van der Waals surface area contributed by atoms with Crippen LogP contribution in [0.25, 0.3) is 0 Å². The maximum absolute atomic E-state index is 13.6. The molecule has 0 spiro atoms.